The van der Waals surface area contributed by atoms with Gasteiger partial charge in [0.15, 0.2) is 0 Å². The number of aryl methyl sites for hydroxylation is 1. The molecule has 0 fully saturated rings. The molecule has 2 rings (SSSR count). The van der Waals surface area contributed by atoms with Gasteiger partial charge in [-0.1, -0.05) is 41.6 Å². The van der Waals surface area contributed by atoms with Crippen molar-refractivity contribution in [2.75, 3.05) is 0 Å². The lowest BCUT2D eigenvalue weighted by Crippen LogP contribution is -2.26. The second kappa shape index (κ2) is 3.90. The lowest BCUT2D eigenvalue weighted by Gasteiger charge is -1.97. The first kappa shape index (κ1) is 8.72. The monoisotopic (exact) mass is 202 g/mol. The molecule has 0 saturated heterocycles. The summed E-state index contributed by atoms with van der Waals surface area (Å²) in [7, 11) is 0.810. The van der Waals surface area contributed by atoms with Crippen molar-refractivity contribution in [2.24, 2.45) is 0 Å². The summed E-state index contributed by atoms with van der Waals surface area (Å²) in [4.78, 5) is 1.45. The van der Waals surface area contributed by atoms with Crippen molar-refractivity contribution < 1.29 is 0 Å². The van der Waals surface area contributed by atoms with Crippen LogP contribution in [-0.2, 0) is 0 Å². The molecule has 0 aliphatic rings. The summed E-state index contributed by atoms with van der Waals surface area (Å²) in [6.07, 6.45) is 0. The molecule has 0 unspecified atom stereocenters. The molecule has 2 aromatic rings. The molecule has 0 N–H and O–H groups in total. The number of benzene rings is 1. The van der Waals surface area contributed by atoms with Crippen LogP contribution in [0.2, 0.25) is 0 Å². The third-order valence-corrected chi connectivity index (χ3v) is 4.37. The molecule has 1 aromatic heterocycles. The van der Waals surface area contributed by atoms with E-state index in [1.165, 1.54) is 15.3 Å². The molecule has 0 aliphatic heterocycles. The molecule has 0 nitrogen and oxygen atoms in total. The topological polar surface area (TPSA) is 0 Å². The Bertz CT molecular complexity index is 378. The van der Waals surface area contributed by atoms with Crippen LogP contribution in [0.15, 0.2) is 41.8 Å². The van der Waals surface area contributed by atoms with Crippen LogP contribution in [0.25, 0.3) is 0 Å². The van der Waals surface area contributed by atoms with E-state index in [4.69, 9.17) is 0 Å². The summed E-state index contributed by atoms with van der Waals surface area (Å²) in [5.74, 6) is 0. The fraction of sp³-hybridized carbons (Fsp3) is 0.0909. The van der Waals surface area contributed by atoms with E-state index in [1.54, 1.807) is 0 Å². The summed E-state index contributed by atoms with van der Waals surface area (Å²) in [5, 5.41) is 5.07. The molecule has 2 radical (unpaired) electrons. The van der Waals surface area contributed by atoms with Crippen molar-refractivity contribution in [3.05, 3.63) is 46.7 Å². The normalized spacial score (nSPS) is 10.2. The van der Waals surface area contributed by atoms with Crippen molar-refractivity contribution in [3.8, 4) is 0 Å². The zero-order chi connectivity index (χ0) is 9.10. The maximum atomic E-state index is 2.23. The molecule has 0 atom stereocenters. The number of hydrogen-bond acceptors (Lipinski definition) is 1. The summed E-state index contributed by atoms with van der Waals surface area (Å²) in [5.41, 5.74) is 0. The summed E-state index contributed by atoms with van der Waals surface area (Å²) >= 11 is 1.83. The standard InChI is InChI=1S/C11H10SSi/c1-9-11(7-8-12-9)13-10-5-3-2-4-6-10/h2-8H,1H3. The van der Waals surface area contributed by atoms with Gasteiger partial charge in [0, 0.05) is 4.88 Å². The van der Waals surface area contributed by atoms with E-state index in [9.17, 15) is 0 Å². The van der Waals surface area contributed by atoms with E-state index in [-0.39, 0.29) is 0 Å². The fourth-order valence-corrected chi connectivity index (χ4v) is 3.26. The van der Waals surface area contributed by atoms with Gasteiger partial charge in [0.25, 0.3) is 0 Å². The van der Waals surface area contributed by atoms with Crippen molar-refractivity contribution in [2.45, 2.75) is 6.92 Å². The lowest BCUT2D eigenvalue weighted by molar-refractivity contribution is 1.68. The van der Waals surface area contributed by atoms with Gasteiger partial charge in [-0.3, -0.25) is 0 Å². The molecule has 0 amide bonds. The maximum Gasteiger partial charge on any atom is 0.123 e. The molecular formula is C11H10SSi. The van der Waals surface area contributed by atoms with Crippen LogP contribution in [0.3, 0.4) is 0 Å². The molecule has 13 heavy (non-hydrogen) atoms. The van der Waals surface area contributed by atoms with Gasteiger partial charge in [-0.05, 0) is 17.5 Å². The molecule has 0 aliphatic carbocycles. The van der Waals surface area contributed by atoms with Gasteiger partial charge in [0.1, 0.15) is 9.52 Å². The molecule has 1 heterocycles. The van der Waals surface area contributed by atoms with Gasteiger partial charge < -0.3 is 0 Å². The quantitative estimate of drug-likeness (QED) is 0.650. The Balaban J connectivity index is 2.20. The highest BCUT2D eigenvalue weighted by Gasteiger charge is 2.01. The fourth-order valence-electron chi connectivity index (χ4n) is 1.19. The Morgan fingerprint density at radius 1 is 1.08 bits per heavy atom. The summed E-state index contributed by atoms with van der Waals surface area (Å²) in [6, 6.07) is 12.9. The Kier molecular flexibility index (Phi) is 2.61. The van der Waals surface area contributed by atoms with Gasteiger partial charge in [-0.25, -0.2) is 0 Å². The highest BCUT2D eigenvalue weighted by molar-refractivity contribution is 7.11. The van der Waals surface area contributed by atoms with Gasteiger partial charge in [0.05, 0.1) is 0 Å². The maximum absolute atomic E-state index is 2.23. The zero-order valence-electron chi connectivity index (χ0n) is 7.45. The average Bonchev–Trinajstić information content (AvgIpc) is 2.54. The molecule has 0 saturated carbocycles. The zero-order valence-corrected chi connectivity index (χ0v) is 9.27. The van der Waals surface area contributed by atoms with Crippen LogP contribution in [0.5, 0.6) is 0 Å². The number of thiophene rings is 1. The van der Waals surface area contributed by atoms with Crippen LogP contribution in [-0.4, -0.2) is 9.52 Å². The predicted molar refractivity (Wildman–Crippen MR) is 60.5 cm³/mol. The lowest BCUT2D eigenvalue weighted by atomic mass is 10.4. The van der Waals surface area contributed by atoms with E-state index in [1.807, 2.05) is 11.3 Å². The van der Waals surface area contributed by atoms with E-state index < -0.39 is 0 Å². The SMILES string of the molecule is Cc1sccc1[Si]c1ccccc1. The van der Waals surface area contributed by atoms with Crippen LogP contribution in [0.1, 0.15) is 4.88 Å². The minimum absolute atomic E-state index is 0.810. The Morgan fingerprint density at radius 2 is 1.85 bits per heavy atom. The van der Waals surface area contributed by atoms with Gasteiger partial charge in [0.2, 0.25) is 0 Å². The third-order valence-electron chi connectivity index (χ3n) is 1.91. The molecule has 64 valence electrons. The van der Waals surface area contributed by atoms with Crippen LogP contribution < -0.4 is 10.4 Å². The minimum atomic E-state index is 0.810. The number of rotatable bonds is 2. The van der Waals surface area contributed by atoms with E-state index >= 15 is 0 Å². The second-order valence-electron chi connectivity index (χ2n) is 2.88. The van der Waals surface area contributed by atoms with Gasteiger partial charge in [-0.2, -0.15) is 0 Å². The van der Waals surface area contributed by atoms with Crippen molar-refractivity contribution in [1.82, 2.24) is 0 Å². The van der Waals surface area contributed by atoms with Crippen LogP contribution in [0.4, 0.5) is 0 Å². The molecule has 1 aromatic carbocycles. The summed E-state index contributed by atoms with van der Waals surface area (Å²) < 4.78 is 0. The number of hydrogen-bond donors (Lipinski definition) is 0. The first-order valence-corrected chi connectivity index (χ1v) is 6.10. The minimum Gasteiger partial charge on any atom is -0.149 e. The molecule has 2 heteroatoms. The Hall–Kier alpha value is -0.863. The van der Waals surface area contributed by atoms with Crippen molar-refractivity contribution in [1.29, 1.82) is 0 Å². The van der Waals surface area contributed by atoms with E-state index in [0.717, 1.165) is 9.52 Å². The van der Waals surface area contributed by atoms with Gasteiger partial charge in [-0.15, -0.1) is 11.3 Å². The Labute approximate surface area is 85.1 Å². The van der Waals surface area contributed by atoms with Crippen LogP contribution >= 0.6 is 11.3 Å². The smallest absolute Gasteiger partial charge is 0.123 e. The van der Waals surface area contributed by atoms with Crippen molar-refractivity contribution >= 4 is 31.2 Å². The van der Waals surface area contributed by atoms with Crippen LogP contribution in [0, 0.1) is 6.92 Å². The third kappa shape index (κ3) is 2.08. The highest BCUT2D eigenvalue weighted by atomic mass is 32.1. The first-order valence-electron chi connectivity index (χ1n) is 4.22. The Morgan fingerprint density at radius 3 is 2.46 bits per heavy atom. The van der Waals surface area contributed by atoms with E-state index in [0.29, 0.717) is 0 Å². The van der Waals surface area contributed by atoms with E-state index in [2.05, 4.69) is 48.7 Å². The molecule has 0 spiro atoms. The average molecular weight is 202 g/mol. The highest BCUT2D eigenvalue weighted by Crippen LogP contribution is 2.02. The second-order valence-corrected chi connectivity index (χ2v) is 5.37. The first-order chi connectivity index (χ1) is 6.36. The molecule has 0 bridgehead atoms. The van der Waals surface area contributed by atoms with Gasteiger partial charge >= 0.3 is 0 Å². The summed E-state index contributed by atoms with van der Waals surface area (Å²) in [6.45, 7) is 2.19. The van der Waals surface area contributed by atoms with Crippen molar-refractivity contribution in [3.63, 3.8) is 0 Å². The molecular weight excluding hydrogens is 192 g/mol. The predicted octanol–water partition coefficient (Wildman–Crippen LogP) is 1.71. The largest absolute Gasteiger partial charge is 0.149 e.